The smallest absolute Gasteiger partial charge is 0.357 e. The number of ketones is 5. The lowest BCUT2D eigenvalue weighted by Gasteiger charge is -2.02. The molecule has 7 aromatic heterocycles. The molecular weight excluding hydrogens is 1540 g/mol. The number of H-pyrrole nitrogens is 6. The topological polar surface area (TPSA) is 450 Å². The zero-order valence-corrected chi connectivity index (χ0v) is 64.5. The fourth-order valence-corrected chi connectivity index (χ4v) is 12.3. The first-order valence-electron chi connectivity index (χ1n) is 32.2. The number of hydrogen-bond donors (Lipinski definition) is 9. The number of benzene rings is 6. The number of aliphatic imine (C=N–C) groups is 1. The van der Waals surface area contributed by atoms with Crippen molar-refractivity contribution in [3.8, 4) is 40.6 Å². The largest absolute Gasteiger partial charge is 0.497 e. The Kier molecular flexibility index (Phi) is 31.2. The Balaban J connectivity index is 0.000000183. The van der Waals surface area contributed by atoms with E-state index in [0.29, 0.717) is 78.1 Å². The molecule has 10 N–H and O–H groups in total. The molecule has 0 saturated carbocycles. The number of nitrogens with zero attached hydrogens (tertiary/aromatic N) is 3. The quantitative estimate of drug-likeness (QED) is 0.00690. The zero-order chi connectivity index (χ0) is 79.9. The molecule has 2 unspecified atom stereocenters. The van der Waals surface area contributed by atoms with E-state index in [-0.39, 0.29) is 45.8 Å². The summed E-state index contributed by atoms with van der Waals surface area (Å²) >= 11 is 11.3. The number of amides is 1. The molecular formula is C76H71Cl2N11O19S3. The van der Waals surface area contributed by atoms with Crippen molar-refractivity contribution in [1.29, 1.82) is 5.26 Å². The molecule has 0 saturated heterocycles. The highest BCUT2D eigenvalue weighted by molar-refractivity contribution is 8.16. The van der Waals surface area contributed by atoms with Crippen LogP contribution in [0.4, 0.5) is 0 Å². The number of nitrogens with two attached hydrogens (primary N) is 2. The normalized spacial score (nSPS) is 11.8. The van der Waals surface area contributed by atoms with E-state index in [1.807, 2.05) is 60.8 Å². The first kappa shape index (κ1) is 85.5. The van der Waals surface area contributed by atoms with Gasteiger partial charge in [-0.15, -0.1) is 35.5 Å². The van der Waals surface area contributed by atoms with Crippen LogP contribution in [-0.4, -0.2) is 185 Å². The van der Waals surface area contributed by atoms with Crippen LogP contribution in [0.5, 0.6) is 34.5 Å². The summed E-state index contributed by atoms with van der Waals surface area (Å²) in [6, 6.07) is 35.1. The second kappa shape index (κ2) is 40.5. The average Bonchev–Trinajstić information content (AvgIpc) is 1.69. The minimum atomic E-state index is -0.997. The number of fused-ring (bicyclic) bond motifs is 6. The number of thiazole rings is 1. The fraction of sp³-hybridized carbons (Fsp3) is 0.171. The zero-order valence-electron chi connectivity index (χ0n) is 60.4. The van der Waals surface area contributed by atoms with Crippen LogP contribution in [0.1, 0.15) is 67.3 Å². The molecule has 6 aromatic carbocycles. The van der Waals surface area contributed by atoms with Gasteiger partial charge in [0, 0.05) is 119 Å². The first-order chi connectivity index (χ1) is 52.9. The summed E-state index contributed by atoms with van der Waals surface area (Å²) in [5.74, 6) is 0.0953. The van der Waals surface area contributed by atoms with Crippen molar-refractivity contribution < 1.29 is 90.6 Å². The van der Waals surface area contributed by atoms with Gasteiger partial charge >= 0.3 is 17.9 Å². The van der Waals surface area contributed by atoms with Crippen LogP contribution in [0.25, 0.3) is 65.4 Å². The SMILES string of the molecule is COC(=O)C(N)CS.COC(=O)C1CSC(C(=O)c2c[nH]c3ccc(OC)cc23)=N1.COC(=O)c1csc(C(=O)c2c[nH]c3ccc(OC)cc23)n1.COc1ccc2[nH]cc(C(=O)C#N)c2c1.COc1ccc2[nH]cc(C(=O)C(=O)Cl)c2c1.COc1ccc2[nH]cc(C(=O)C(N)=O)c2c1.COc1ccc2[nH]ccc2c1.Cl. The molecule has 0 bridgehead atoms. The molecule has 0 fully saturated rings. The lowest BCUT2D eigenvalue weighted by atomic mass is 10.1. The number of nitriles is 1. The lowest BCUT2D eigenvalue weighted by molar-refractivity contribution is -0.142. The van der Waals surface area contributed by atoms with Gasteiger partial charge in [-0.05, 0) is 127 Å². The molecule has 0 aliphatic carbocycles. The lowest BCUT2D eigenvalue weighted by Crippen LogP contribution is -2.32. The molecule has 1 amide bonds. The number of hydrogen-bond acceptors (Lipinski definition) is 26. The van der Waals surface area contributed by atoms with Gasteiger partial charge in [0.2, 0.25) is 17.3 Å². The molecule has 1 aliphatic heterocycles. The summed E-state index contributed by atoms with van der Waals surface area (Å²) in [4.78, 5) is 140. The molecule has 1 aliphatic rings. The first-order valence-corrected chi connectivity index (χ1v) is 35.0. The number of thioether (sulfide) groups is 1. The maximum absolute atomic E-state index is 12.6. The summed E-state index contributed by atoms with van der Waals surface area (Å²) in [6.45, 7) is 0. The second-order valence-electron chi connectivity index (χ2n) is 22.5. The van der Waals surface area contributed by atoms with Crippen molar-refractivity contribution in [2.45, 2.75) is 12.1 Å². The Morgan fingerprint density at radius 1 is 0.532 bits per heavy atom. The third-order valence-corrected chi connectivity index (χ3v) is 18.5. The number of Topliss-reactive ketones (excluding diaryl/α,β-unsaturated/α-hetero) is 4. The van der Waals surface area contributed by atoms with E-state index in [9.17, 15) is 47.9 Å². The van der Waals surface area contributed by atoms with Crippen molar-refractivity contribution in [2.24, 2.45) is 16.5 Å². The van der Waals surface area contributed by atoms with Gasteiger partial charge in [0.1, 0.15) is 51.7 Å². The summed E-state index contributed by atoms with van der Waals surface area (Å²) in [6.07, 6.45) is 9.68. The molecule has 0 radical (unpaired) electrons. The number of esters is 3. The monoisotopic (exact) mass is 1610 g/mol. The maximum atomic E-state index is 12.6. The molecule has 30 nitrogen and oxygen atoms in total. The summed E-state index contributed by atoms with van der Waals surface area (Å²) in [5, 5.41) is 14.3. The molecule has 13 aromatic rings. The molecule has 0 spiro atoms. The van der Waals surface area contributed by atoms with Crippen molar-refractivity contribution >= 4 is 188 Å². The van der Waals surface area contributed by atoms with Gasteiger partial charge in [-0.25, -0.2) is 14.6 Å². The number of methoxy groups -OCH3 is 9. The minimum absolute atomic E-state index is 0. The third-order valence-electron chi connectivity index (χ3n) is 16.0. The Hall–Kier alpha value is -12.7. The van der Waals surface area contributed by atoms with E-state index in [1.54, 1.807) is 108 Å². The number of nitrogens with one attached hydrogen (secondary N) is 6. The number of carbonyl (C=O) groups is 10. The summed E-state index contributed by atoms with van der Waals surface area (Å²) in [7, 11) is 13.3. The van der Waals surface area contributed by atoms with Gasteiger partial charge in [0.05, 0.1) is 91.8 Å². The van der Waals surface area contributed by atoms with Crippen molar-refractivity contribution in [1.82, 2.24) is 34.9 Å². The van der Waals surface area contributed by atoms with Crippen molar-refractivity contribution in [2.75, 3.05) is 75.5 Å². The number of aromatic amines is 6. The number of aromatic nitrogens is 7. The van der Waals surface area contributed by atoms with Crippen LogP contribution in [0.2, 0.25) is 0 Å². The minimum Gasteiger partial charge on any atom is -0.497 e. The van der Waals surface area contributed by atoms with E-state index >= 15 is 0 Å². The molecule has 8 heterocycles. The second-order valence-corrected chi connectivity index (χ2v) is 25.1. The molecule has 35 heteroatoms. The fourth-order valence-electron chi connectivity index (χ4n) is 10.3. The van der Waals surface area contributed by atoms with Gasteiger partial charge in [-0.1, -0.05) is 0 Å². The van der Waals surface area contributed by atoms with Crippen LogP contribution in [-0.2, 0) is 33.4 Å². The van der Waals surface area contributed by atoms with Crippen LogP contribution in [0, 0.1) is 11.3 Å². The number of rotatable bonds is 19. The predicted octanol–water partition coefficient (Wildman–Crippen LogP) is 11.6. The molecule has 2 atom stereocenters. The Labute approximate surface area is 655 Å². The Morgan fingerprint density at radius 3 is 1.32 bits per heavy atom. The van der Waals surface area contributed by atoms with Crippen molar-refractivity contribution in [3.63, 3.8) is 0 Å². The number of ether oxygens (including phenoxy) is 9. The van der Waals surface area contributed by atoms with E-state index in [4.69, 9.17) is 56.8 Å². The number of thiol groups is 1. The van der Waals surface area contributed by atoms with E-state index in [2.05, 4.69) is 66.7 Å². The number of halogens is 2. The Bertz CT molecular complexity index is 5550. The summed E-state index contributed by atoms with van der Waals surface area (Å²) in [5.41, 5.74) is 17.3. The number of primary amides is 1. The van der Waals surface area contributed by atoms with E-state index in [1.165, 1.54) is 76.7 Å². The predicted molar refractivity (Wildman–Crippen MR) is 426 cm³/mol. The van der Waals surface area contributed by atoms with Crippen LogP contribution >= 0.6 is 59.7 Å². The Morgan fingerprint density at radius 2 is 0.928 bits per heavy atom. The standard InChI is InChI=1S/C15H14N2O4S.C15H12N2O4S.C11H8ClNO3.C11H10N2O3.C11H8N2O2.C9H9NO.C4H9NO2S.ClH/c2*1-20-8-3-4-11-9(5-8)10(6-16-11)13(18)14-17-12(7-22-14)15(19)21-2;2*1-16-6-2-3-9-7(4-6)8(5-13-9)10(14)11(12)15;1-15-7-2-3-10-8(4-7)9(6-13-10)11(14)5-12;1-11-8-2-3-9-7(6-8)4-5-10-9;1-7-4(6)3(5)2-8;/h3-6,12,16H,7H2,1-2H3;3-7,16H,1-2H3;2-5,13H,1H3;2-5,13H,1H3,(H2,12,15);2-4,6,13H,1H3;2-6,10H,1H3;3,8H,2,5H2,1H3;1H. The van der Waals surface area contributed by atoms with Gasteiger partial charge in [0.25, 0.3) is 22.7 Å². The van der Waals surface area contributed by atoms with E-state index in [0.717, 1.165) is 61.0 Å². The van der Waals surface area contributed by atoms with E-state index < -0.39 is 58.5 Å². The maximum Gasteiger partial charge on any atom is 0.357 e. The third kappa shape index (κ3) is 21.2. The average molecular weight is 1610 g/mol. The highest BCUT2D eigenvalue weighted by atomic mass is 35.5. The molecule has 576 valence electrons. The van der Waals surface area contributed by atoms with Gasteiger partial charge in [0.15, 0.2) is 16.7 Å². The van der Waals surface area contributed by atoms with Crippen LogP contribution < -0.4 is 39.9 Å². The molecule has 111 heavy (non-hydrogen) atoms. The van der Waals surface area contributed by atoms with Gasteiger partial charge in [-0.2, -0.15) is 17.9 Å². The highest BCUT2D eigenvalue weighted by Crippen LogP contribution is 2.32. The van der Waals surface area contributed by atoms with Crippen LogP contribution in [0.15, 0.2) is 163 Å². The van der Waals surface area contributed by atoms with Gasteiger partial charge in [-0.3, -0.25) is 43.3 Å². The molecule has 14 rings (SSSR count). The van der Waals surface area contributed by atoms with Crippen LogP contribution in [0.3, 0.4) is 0 Å². The van der Waals surface area contributed by atoms with Gasteiger partial charge < -0.3 is 84.0 Å². The summed E-state index contributed by atoms with van der Waals surface area (Å²) < 4.78 is 44.1. The highest BCUT2D eigenvalue weighted by Gasteiger charge is 2.31. The van der Waals surface area contributed by atoms with Crippen molar-refractivity contribution in [3.05, 3.63) is 196 Å². The number of carbonyl (C=O) groups excluding carboxylic acids is 10.